The molecule has 2 rings (SSSR count). The summed E-state index contributed by atoms with van der Waals surface area (Å²) in [6.45, 7) is 7.55. The first-order chi connectivity index (χ1) is 7.85. The molecule has 1 fully saturated rings. The molecule has 0 saturated heterocycles. The highest BCUT2D eigenvalue weighted by Crippen LogP contribution is 2.33. The third kappa shape index (κ3) is 2.95. The number of thiazole rings is 1. The summed E-state index contributed by atoms with van der Waals surface area (Å²) >= 11 is 1.84. The molecule has 0 bridgehead atoms. The average molecular weight is 239 g/mol. The van der Waals surface area contributed by atoms with Crippen molar-refractivity contribution >= 4 is 16.5 Å². The van der Waals surface area contributed by atoms with Crippen molar-refractivity contribution in [2.75, 3.05) is 18.0 Å². The third-order valence-electron chi connectivity index (χ3n) is 2.84. The Bertz CT molecular complexity index is 320. The van der Waals surface area contributed by atoms with Crippen LogP contribution in [0.2, 0.25) is 0 Å². The van der Waals surface area contributed by atoms with Gasteiger partial charge in [-0.25, -0.2) is 4.98 Å². The van der Waals surface area contributed by atoms with E-state index in [0.717, 1.165) is 25.7 Å². The lowest BCUT2D eigenvalue weighted by Crippen LogP contribution is -2.24. The van der Waals surface area contributed by atoms with Crippen molar-refractivity contribution in [3.05, 3.63) is 11.1 Å². The van der Waals surface area contributed by atoms with Gasteiger partial charge in [-0.05, 0) is 32.7 Å². The second kappa shape index (κ2) is 5.64. The first kappa shape index (κ1) is 11.9. The Balaban J connectivity index is 1.90. The largest absolute Gasteiger partial charge is 0.345 e. The van der Waals surface area contributed by atoms with Crippen molar-refractivity contribution in [2.45, 2.75) is 45.7 Å². The number of anilines is 1. The lowest BCUT2D eigenvalue weighted by molar-refractivity contribution is 0.681. The molecular formula is C12H21N3S. The molecule has 90 valence electrons. The van der Waals surface area contributed by atoms with E-state index >= 15 is 0 Å². The standard InChI is InChI=1S/C12H21N3S/c1-3-7-13-8-11-9-14-12(16-11)15(4-2)10-5-6-10/h9-10,13H,3-8H2,1-2H3. The molecular weight excluding hydrogens is 218 g/mol. The summed E-state index contributed by atoms with van der Waals surface area (Å²) in [6.07, 6.45) is 5.90. The SMILES string of the molecule is CCCNCc1cnc(N(CC)C2CC2)s1. The highest BCUT2D eigenvalue weighted by Gasteiger charge is 2.29. The van der Waals surface area contributed by atoms with Gasteiger partial charge >= 0.3 is 0 Å². The van der Waals surface area contributed by atoms with Gasteiger partial charge in [0.05, 0.1) is 0 Å². The van der Waals surface area contributed by atoms with Crippen LogP contribution < -0.4 is 10.2 Å². The molecule has 0 atom stereocenters. The van der Waals surface area contributed by atoms with Gasteiger partial charge in [0.2, 0.25) is 0 Å². The second-order valence-electron chi connectivity index (χ2n) is 4.30. The Kier molecular flexibility index (Phi) is 4.18. The fraction of sp³-hybridized carbons (Fsp3) is 0.750. The zero-order valence-corrected chi connectivity index (χ0v) is 11.0. The van der Waals surface area contributed by atoms with Gasteiger partial charge in [-0.2, -0.15) is 0 Å². The maximum Gasteiger partial charge on any atom is 0.185 e. The van der Waals surface area contributed by atoms with Gasteiger partial charge in [0.25, 0.3) is 0 Å². The summed E-state index contributed by atoms with van der Waals surface area (Å²) in [4.78, 5) is 8.32. The fourth-order valence-electron chi connectivity index (χ4n) is 1.84. The van der Waals surface area contributed by atoms with Crippen molar-refractivity contribution in [1.29, 1.82) is 0 Å². The van der Waals surface area contributed by atoms with Gasteiger partial charge in [-0.3, -0.25) is 0 Å². The minimum Gasteiger partial charge on any atom is -0.345 e. The lowest BCUT2D eigenvalue weighted by Gasteiger charge is -2.18. The predicted molar refractivity (Wildman–Crippen MR) is 70.2 cm³/mol. The van der Waals surface area contributed by atoms with Crippen LogP contribution in [0, 0.1) is 0 Å². The number of nitrogens with zero attached hydrogens (tertiary/aromatic N) is 2. The molecule has 16 heavy (non-hydrogen) atoms. The lowest BCUT2D eigenvalue weighted by atomic mass is 10.4. The third-order valence-corrected chi connectivity index (χ3v) is 3.88. The maximum atomic E-state index is 4.53. The molecule has 1 aromatic heterocycles. The first-order valence-corrected chi connectivity index (χ1v) is 7.08. The van der Waals surface area contributed by atoms with Crippen LogP contribution in [0.15, 0.2) is 6.20 Å². The maximum absolute atomic E-state index is 4.53. The Morgan fingerprint density at radius 2 is 2.31 bits per heavy atom. The van der Waals surface area contributed by atoms with Crippen molar-refractivity contribution < 1.29 is 0 Å². The summed E-state index contributed by atoms with van der Waals surface area (Å²) in [5.41, 5.74) is 0. The van der Waals surface area contributed by atoms with E-state index < -0.39 is 0 Å². The van der Waals surface area contributed by atoms with E-state index in [0.29, 0.717) is 0 Å². The molecule has 0 radical (unpaired) electrons. The zero-order valence-electron chi connectivity index (χ0n) is 10.2. The Hall–Kier alpha value is -0.610. The molecule has 1 aromatic rings. The average Bonchev–Trinajstić information content (AvgIpc) is 3.01. The number of hydrogen-bond donors (Lipinski definition) is 1. The smallest absolute Gasteiger partial charge is 0.185 e. The van der Waals surface area contributed by atoms with Crippen LogP contribution in [-0.4, -0.2) is 24.1 Å². The van der Waals surface area contributed by atoms with Crippen LogP contribution in [-0.2, 0) is 6.54 Å². The zero-order chi connectivity index (χ0) is 11.4. The van der Waals surface area contributed by atoms with Gasteiger partial charge < -0.3 is 10.2 Å². The van der Waals surface area contributed by atoms with Crippen LogP contribution in [0.1, 0.15) is 38.0 Å². The molecule has 4 heteroatoms. The molecule has 0 unspecified atom stereocenters. The summed E-state index contributed by atoms with van der Waals surface area (Å²) < 4.78 is 0. The van der Waals surface area contributed by atoms with Crippen LogP contribution in [0.25, 0.3) is 0 Å². The molecule has 3 nitrogen and oxygen atoms in total. The van der Waals surface area contributed by atoms with Crippen LogP contribution in [0.5, 0.6) is 0 Å². The van der Waals surface area contributed by atoms with E-state index in [1.165, 1.54) is 29.3 Å². The van der Waals surface area contributed by atoms with Crippen LogP contribution in [0.4, 0.5) is 5.13 Å². The first-order valence-electron chi connectivity index (χ1n) is 6.27. The number of aromatic nitrogens is 1. The topological polar surface area (TPSA) is 28.2 Å². The molecule has 1 heterocycles. The fourth-order valence-corrected chi connectivity index (χ4v) is 2.85. The van der Waals surface area contributed by atoms with Crippen molar-refractivity contribution in [2.24, 2.45) is 0 Å². The molecule has 1 N–H and O–H groups in total. The normalized spacial score (nSPS) is 15.4. The number of hydrogen-bond acceptors (Lipinski definition) is 4. The van der Waals surface area contributed by atoms with E-state index in [9.17, 15) is 0 Å². The van der Waals surface area contributed by atoms with Crippen molar-refractivity contribution in [3.63, 3.8) is 0 Å². The Labute approximate surface area is 102 Å². The predicted octanol–water partition coefficient (Wildman–Crippen LogP) is 2.63. The second-order valence-corrected chi connectivity index (χ2v) is 5.40. The molecule has 0 aliphatic heterocycles. The molecule has 0 aromatic carbocycles. The van der Waals surface area contributed by atoms with E-state index in [1.54, 1.807) is 0 Å². The van der Waals surface area contributed by atoms with Crippen molar-refractivity contribution in [3.8, 4) is 0 Å². The van der Waals surface area contributed by atoms with Gasteiger partial charge in [-0.15, -0.1) is 11.3 Å². The minimum absolute atomic E-state index is 0.771. The molecule has 0 spiro atoms. The highest BCUT2D eigenvalue weighted by molar-refractivity contribution is 7.15. The summed E-state index contributed by atoms with van der Waals surface area (Å²) in [7, 11) is 0. The van der Waals surface area contributed by atoms with Gasteiger partial charge in [0, 0.05) is 30.2 Å². The molecule has 1 saturated carbocycles. The van der Waals surface area contributed by atoms with E-state index in [2.05, 4.69) is 29.0 Å². The Morgan fingerprint density at radius 1 is 1.50 bits per heavy atom. The Morgan fingerprint density at radius 3 is 2.94 bits per heavy atom. The molecule has 1 aliphatic rings. The highest BCUT2D eigenvalue weighted by atomic mass is 32.1. The molecule has 0 amide bonds. The number of rotatable bonds is 7. The van der Waals surface area contributed by atoms with E-state index in [-0.39, 0.29) is 0 Å². The van der Waals surface area contributed by atoms with Gasteiger partial charge in [0.1, 0.15) is 0 Å². The van der Waals surface area contributed by atoms with Crippen molar-refractivity contribution in [1.82, 2.24) is 10.3 Å². The van der Waals surface area contributed by atoms with Crippen LogP contribution in [0.3, 0.4) is 0 Å². The van der Waals surface area contributed by atoms with E-state index in [4.69, 9.17) is 0 Å². The van der Waals surface area contributed by atoms with Gasteiger partial charge in [-0.1, -0.05) is 6.92 Å². The summed E-state index contributed by atoms with van der Waals surface area (Å²) in [5, 5.41) is 4.63. The quantitative estimate of drug-likeness (QED) is 0.741. The minimum atomic E-state index is 0.771. The molecule has 1 aliphatic carbocycles. The van der Waals surface area contributed by atoms with Crippen LogP contribution >= 0.6 is 11.3 Å². The number of nitrogens with one attached hydrogen (secondary N) is 1. The summed E-state index contributed by atoms with van der Waals surface area (Å²) in [5.74, 6) is 0. The van der Waals surface area contributed by atoms with Gasteiger partial charge in [0.15, 0.2) is 5.13 Å². The van der Waals surface area contributed by atoms with E-state index in [1.807, 2.05) is 17.5 Å². The monoisotopic (exact) mass is 239 g/mol. The summed E-state index contributed by atoms with van der Waals surface area (Å²) in [6, 6.07) is 0.771.